The second-order valence-electron chi connectivity index (χ2n) is 5.68. The van der Waals surface area contributed by atoms with Gasteiger partial charge in [0.2, 0.25) is 0 Å². The second kappa shape index (κ2) is 5.67. The third kappa shape index (κ3) is 3.60. The normalized spacial score (nSPS) is 27.6. The molecule has 2 fully saturated rings. The summed E-state index contributed by atoms with van der Waals surface area (Å²) in [4.78, 5) is 11.5. The predicted octanol–water partition coefficient (Wildman–Crippen LogP) is 2.06. The van der Waals surface area contributed by atoms with Gasteiger partial charge >= 0.3 is 0 Å². The van der Waals surface area contributed by atoms with Crippen molar-refractivity contribution in [3.8, 4) is 0 Å². The molecule has 0 bridgehead atoms. The van der Waals surface area contributed by atoms with Crippen molar-refractivity contribution >= 4 is 17.6 Å². The molecule has 1 aromatic heterocycles. The molecule has 2 aliphatic rings. The molecule has 0 amide bonds. The van der Waals surface area contributed by atoms with Crippen LogP contribution in [-0.2, 0) is 6.54 Å². The fourth-order valence-corrected chi connectivity index (χ4v) is 3.83. The van der Waals surface area contributed by atoms with Gasteiger partial charge in [0.05, 0.1) is 18.1 Å². The zero-order chi connectivity index (χ0) is 13.2. The molecule has 0 radical (unpaired) electrons. The van der Waals surface area contributed by atoms with Gasteiger partial charge in [-0.2, -0.15) is 11.8 Å². The largest absolute Gasteiger partial charge is 0.353 e. The molecule has 2 unspecified atom stereocenters. The summed E-state index contributed by atoms with van der Waals surface area (Å²) in [7, 11) is 0. The molecule has 5 heteroatoms. The maximum atomic E-state index is 4.58. The lowest BCUT2D eigenvalue weighted by atomic mass is 10.3. The van der Waals surface area contributed by atoms with Crippen LogP contribution >= 0.6 is 11.8 Å². The Hall–Kier alpha value is -0.810. The van der Waals surface area contributed by atoms with Crippen LogP contribution in [-0.4, -0.2) is 39.6 Å². The van der Waals surface area contributed by atoms with Crippen molar-refractivity contribution in [1.82, 2.24) is 15.3 Å². The maximum absolute atomic E-state index is 4.58. The second-order valence-corrected chi connectivity index (χ2v) is 7.57. The van der Waals surface area contributed by atoms with Gasteiger partial charge in [0.1, 0.15) is 5.82 Å². The lowest BCUT2D eigenvalue weighted by Gasteiger charge is -2.35. The molecule has 19 heavy (non-hydrogen) atoms. The molecule has 3 rings (SSSR count). The zero-order valence-corrected chi connectivity index (χ0v) is 12.5. The van der Waals surface area contributed by atoms with Gasteiger partial charge in [-0.3, -0.25) is 4.98 Å². The molecule has 1 aromatic rings. The molecular formula is C14H22N4S. The zero-order valence-electron chi connectivity index (χ0n) is 11.7. The van der Waals surface area contributed by atoms with E-state index in [1.807, 2.05) is 12.4 Å². The molecule has 104 valence electrons. The molecule has 2 heterocycles. The summed E-state index contributed by atoms with van der Waals surface area (Å²) < 4.78 is 0. The SMILES string of the molecule is CC1CN(c2cnc(CNC3CC3)cn2)CC(C)S1. The minimum absolute atomic E-state index is 0.668. The third-order valence-electron chi connectivity index (χ3n) is 3.58. The first-order chi connectivity index (χ1) is 9.20. The van der Waals surface area contributed by atoms with E-state index in [0.29, 0.717) is 10.5 Å². The van der Waals surface area contributed by atoms with E-state index in [9.17, 15) is 0 Å². The number of nitrogens with zero attached hydrogens (tertiary/aromatic N) is 3. The monoisotopic (exact) mass is 278 g/mol. The molecule has 2 atom stereocenters. The van der Waals surface area contributed by atoms with Crippen molar-refractivity contribution in [2.75, 3.05) is 18.0 Å². The summed E-state index contributed by atoms with van der Waals surface area (Å²) >= 11 is 2.06. The minimum Gasteiger partial charge on any atom is -0.353 e. The van der Waals surface area contributed by atoms with Crippen LogP contribution in [0.15, 0.2) is 12.4 Å². The summed E-state index contributed by atoms with van der Waals surface area (Å²) in [6.45, 7) is 7.57. The highest BCUT2D eigenvalue weighted by Gasteiger charge is 2.23. The van der Waals surface area contributed by atoms with E-state index in [1.165, 1.54) is 12.8 Å². The number of nitrogens with one attached hydrogen (secondary N) is 1. The van der Waals surface area contributed by atoms with E-state index in [2.05, 4.69) is 45.8 Å². The van der Waals surface area contributed by atoms with E-state index in [-0.39, 0.29) is 0 Å². The highest BCUT2D eigenvalue weighted by molar-refractivity contribution is 8.00. The average molecular weight is 278 g/mol. The van der Waals surface area contributed by atoms with Crippen LogP contribution in [0.25, 0.3) is 0 Å². The summed E-state index contributed by atoms with van der Waals surface area (Å²) in [6.07, 6.45) is 6.47. The summed E-state index contributed by atoms with van der Waals surface area (Å²) in [6, 6.07) is 0.724. The van der Waals surface area contributed by atoms with Gasteiger partial charge in [-0.15, -0.1) is 0 Å². The Labute approximate surface area is 119 Å². The van der Waals surface area contributed by atoms with Crippen molar-refractivity contribution in [2.24, 2.45) is 0 Å². The Bertz CT molecular complexity index is 408. The van der Waals surface area contributed by atoms with Crippen molar-refractivity contribution in [3.63, 3.8) is 0 Å². The first-order valence-electron chi connectivity index (χ1n) is 7.15. The van der Waals surface area contributed by atoms with Crippen LogP contribution in [0.2, 0.25) is 0 Å². The Balaban J connectivity index is 1.60. The highest BCUT2D eigenvalue weighted by Crippen LogP contribution is 2.27. The van der Waals surface area contributed by atoms with Gasteiger partial charge in [0.25, 0.3) is 0 Å². The number of rotatable bonds is 4. The lowest BCUT2D eigenvalue weighted by molar-refractivity contribution is 0.668. The summed E-state index contributed by atoms with van der Waals surface area (Å²) in [5, 5.41) is 4.80. The smallest absolute Gasteiger partial charge is 0.147 e. The average Bonchev–Trinajstić information content (AvgIpc) is 3.20. The molecule has 1 aliphatic heterocycles. The Morgan fingerprint density at radius 3 is 2.53 bits per heavy atom. The van der Waals surface area contributed by atoms with Crippen LogP contribution in [0.1, 0.15) is 32.4 Å². The molecule has 0 spiro atoms. The standard InChI is InChI=1S/C14H22N4S/c1-10-8-18(9-11(2)19-10)14-7-16-13(6-17-14)5-15-12-3-4-12/h6-7,10-12,15H,3-5,8-9H2,1-2H3. The molecule has 4 nitrogen and oxygen atoms in total. The third-order valence-corrected chi connectivity index (χ3v) is 4.81. The Morgan fingerprint density at radius 2 is 1.95 bits per heavy atom. The molecule has 1 saturated carbocycles. The van der Waals surface area contributed by atoms with Gasteiger partial charge in [-0.1, -0.05) is 13.8 Å². The molecular weight excluding hydrogens is 256 g/mol. The van der Waals surface area contributed by atoms with Crippen LogP contribution in [0.3, 0.4) is 0 Å². The first-order valence-corrected chi connectivity index (χ1v) is 8.09. The van der Waals surface area contributed by atoms with E-state index in [4.69, 9.17) is 0 Å². The van der Waals surface area contributed by atoms with Gasteiger partial charge in [0, 0.05) is 36.2 Å². The van der Waals surface area contributed by atoms with E-state index in [0.717, 1.165) is 37.2 Å². The highest BCUT2D eigenvalue weighted by atomic mass is 32.2. The summed E-state index contributed by atoms with van der Waals surface area (Å²) in [5.41, 5.74) is 1.04. The summed E-state index contributed by atoms with van der Waals surface area (Å²) in [5.74, 6) is 1.02. The maximum Gasteiger partial charge on any atom is 0.147 e. The van der Waals surface area contributed by atoms with E-state index < -0.39 is 0 Å². The van der Waals surface area contributed by atoms with Crippen molar-refractivity contribution in [2.45, 2.75) is 49.8 Å². The quantitative estimate of drug-likeness (QED) is 0.913. The number of anilines is 1. The van der Waals surface area contributed by atoms with Gasteiger partial charge in [-0.05, 0) is 12.8 Å². The fraction of sp³-hybridized carbons (Fsp3) is 0.714. The fourth-order valence-electron chi connectivity index (χ4n) is 2.50. The van der Waals surface area contributed by atoms with Crippen molar-refractivity contribution < 1.29 is 0 Å². The number of thioether (sulfide) groups is 1. The van der Waals surface area contributed by atoms with Gasteiger partial charge in [-0.25, -0.2) is 4.98 Å². The molecule has 1 aliphatic carbocycles. The van der Waals surface area contributed by atoms with Crippen LogP contribution in [0.4, 0.5) is 5.82 Å². The Morgan fingerprint density at radius 1 is 1.21 bits per heavy atom. The van der Waals surface area contributed by atoms with Gasteiger partial charge < -0.3 is 10.2 Å². The van der Waals surface area contributed by atoms with Crippen molar-refractivity contribution in [3.05, 3.63) is 18.1 Å². The van der Waals surface area contributed by atoms with E-state index in [1.54, 1.807) is 0 Å². The Kier molecular flexibility index (Phi) is 3.93. The lowest BCUT2D eigenvalue weighted by Crippen LogP contribution is -2.40. The van der Waals surface area contributed by atoms with Crippen LogP contribution in [0, 0.1) is 0 Å². The molecule has 0 aromatic carbocycles. The number of hydrogen-bond acceptors (Lipinski definition) is 5. The van der Waals surface area contributed by atoms with Crippen LogP contribution in [0.5, 0.6) is 0 Å². The molecule has 1 saturated heterocycles. The van der Waals surface area contributed by atoms with Gasteiger partial charge in [0.15, 0.2) is 0 Å². The number of aromatic nitrogens is 2. The van der Waals surface area contributed by atoms with Crippen LogP contribution < -0.4 is 10.2 Å². The topological polar surface area (TPSA) is 41.1 Å². The number of hydrogen-bond donors (Lipinski definition) is 1. The van der Waals surface area contributed by atoms with Crippen molar-refractivity contribution in [1.29, 1.82) is 0 Å². The predicted molar refractivity (Wildman–Crippen MR) is 80.6 cm³/mol. The molecule has 1 N–H and O–H groups in total. The van der Waals surface area contributed by atoms with E-state index >= 15 is 0 Å². The minimum atomic E-state index is 0.668. The first kappa shape index (κ1) is 13.2.